The second kappa shape index (κ2) is 6.86. The Morgan fingerprint density at radius 2 is 1.75 bits per heavy atom. The van der Waals surface area contributed by atoms with Crippen molar-refractivity contribution < 1.29 is 9.90 Å². The molecule has 1 N–H and O–H groups in total. The summed E-state index contributed by atoms with van der Waals surface area (Å²) in [6.07, 6.45) is 0. The lowest BCUT2D eigenvalue weighted by molar-refractivity contribution is -0.139. The summed E-state index contributed by atoms with van der Waals surface area (Å²) in [5.74, 6) is -1.16. The second-order valence-corrected chi connectivity index (χ2v) is 5.73. The predicted octanol–water partition coefficient (Wildman–Crippen LogP) is 1.88. The van der Waals surface area contributed by atoms with E-state index in [1.807, 2.05) is 30.3 Å². The minimum atomic E-state index is -0.734. The Bertz CT molecular complexity index is 425. The van der Waals surface area contributed by atoms with Crippen LogP contribution in [-0.2, 0) is 4.79 Å². The van der Waals surface area contributed by atoms with Gasteiger partial charge in [-0.3, -0.25) is 14.6 Å². The zero-order chi connectivity index (χ0) is 14.5. The van der Waals surface area contributed by atoms with Crippen LogP contribution in [0.4, 0.5) is 0 Å². The predicted molar refractivity (Wildman–Crippen MR) is 80.0 cm³/mol. The Morgan fingerprint density at radius 1 is 1.15 bits per heavy atom. The van der Waals surface area contributed by atoms with Gasteiger partial charge >= 0.3 is 5.97 Å². The molecule has 1 fully saturated rings. The molecule has 0 aromatic heterocycles. The zero-order valence-electron chi connectivity index (χ0n) is 12.3. The normalized spacial score (nSPS) is 19.1. The van der Waals surface area contributed by atoms with Crippen LogP contribution < -0.4 is 0 Å². The summed E-state index contributed by atoms with van der Waals surface area (Å²) >= 11 is 0. The molecule has 1 aliphatic rings. The van der Waals surface area contributed by atoms with Crippen LogP contribution in [0.2, 0.25) is 0 Å². The van der Waals surface area contributed by atoms with Crippen molar-refractivity contribution in [3.05, 3.63) is 35.9 Å². The standard InChI is InChI=1S/C16H24N2O2/c1-13(2)18-10-8-17(9-11-18)12-15(16(19)20)14-6-4-3-5-7-14/h3-7,13,15H,8-12H2,1-2H3,(H,19,20). The maximum absolute atomic E-state index is 11.5. The summed E-state index contributed by atoms with van der Waals surface area (Å²) in [7, 11) is 0. The molecular formula is C16H24N2O2. The van der Waals surface area contributed by atoms with E-state index in [0.29, 0.717) is 12.6 Å². The molecule has 0 amide bonds. The zero-order valence-corrected chi connectivity index (χ0v) is 12.3. The number of hydrogen-bond acceptors (Lipinski definition) is 3. The van der Waals surface area contributed by atoms with Crippen LogP contribution in [0.1, 0.15) is 25.3 Å². The van der Waals surface area contributed by atoms with Crippen molar-refractivity contribution >= 4 is 5.97 Å². The first-order valence-corrected chi connectivity index (χ1v) is 7.32. The van der Waals surface area contributed by atoms with Crippen LogP contribution in [0.5, 0.6) is 0 Å². The number of carbonyl (C=O) groups is 1. The van der Waals surface area contributed by atoms with Crippen molar-refractivity contribution in [2.75, 3.05) is 32.7 Å². The van der Waals surface area contributed by atoms with Gasteiger partial charge in [-0.05, 0) is 19.4 Å². The van der Waals surface area contributed by atoms with Gasteiger partial charge in [0.2, 0.25) is 0 Å². The van der Waals surface area contributed by atoms with E-state index < -0.39 is 11.9 Å². The number of aliphatic carboxylic acids is 1. The summed E-state index contributed by atoms with van der Waals surface area (Å²) in [6.45, 7) is 8.98. The average Bonchev–Trinajstić information content (AvgIpc) is 2.46. The van der Waals surface area contributed by atoms with Crippen molar-refractivity contribution in [3.8, 4) is 0 Å². The summed E-state index contributed by atoms with van der Waals surface area (Å²) < 4.78 is 0. The highest BCUT2D eigenvalue weighted by molar-refractivity contribution is 5.76. The molecule has 20 heavy (non-hydrogen) atoms. The molecule has 2 rings (SSSR count). The lowest BCUT2D eigenvalue weighted by Crippen LogP contribution is -2.50. The van der Waals surface area contributed by atoms with Gasteiger partial charge in [0.1, 0.15) is 0 Å². The van der Waals surface area contributed by atoms with Gasteiger partial charge in [0.25, 0.3) is 0 Å². The SMILES string of the molecule is CC(C)N1CCN(CC(C(=O)O)c2ccccc2)CC1. The average molecular weight is 276 g/mol. The van der Waals surface area contributed by atoms with Crippen molar-refractivity contribution in [1.82, 2.24) is 9.80 Å². The van der Waals surface area contributed by atoms with Gasteiger partial charge in [-0.1, -0.05) is 30.3 Å². The maximum Gasteiger partial charge on any atom is 0.312 e. The Morgan fingerprint density at radius 3 is 2.25 bits per heavy atom. The number of carboxylic acid groups (broad SMARTS) is 1. The number of benzene rings is 1. The van der Waals surface area contributed by atoms with Crippen LogP contribution in [-0.4, -0.2) is 59.6 Å². The third-order valence-corrected chi connectivity index (χ3v) is 4.08. The third kappa shape index (κ3) is 3.81. The van der Waals surface area contributed by atoms with E-state index in [-0.39, 0.29) is 0 Å². The van der Waals surface area contributed by atoms with E-state index in [9.17, 15) is 9.90 Å². The Hall–Kier alpha value is -1.39. The van der Waals surface area contributed by atoms with Crippen LogP contribution in [0.25, 0.3) is 0 Å². The molecule has 1 unspecified atom stereocenters. The fourth-order valence-corrected chi connectivity index (χ4v) is 2.73. The molecule has 0 bridgehead atoms. The van der Waals surface area contributed by atoms with Crippen LogP contribution in [0, 0.1) is 0 Å². The summed E-state index contributed by atoms with van der Waals surface area (Å²) in [4.78, 5) is 16.2. The molecule has 0 aliphatic carbocycles. The molecule has 4 nitrogen and oxygen atoms in total. The maximum atomic E-state index is 11.5. The lowest BCUT2D eigenvalue weighted by atomic mass is 9.98. The van der Waals surface area contributed by atoms with Gasteiger partial charge in [0, 0.05) is 38.8 Å². The molecule has 1 saturated heterocycles. The number of nitrogens with zero attached hydrogens (tertiary/aromatic N) is 2. The van der Waals surface area contributed by atoms with Gasteiger partial charge in [-0.15, -0.1) is 0 Å². The molecule has 1 atom stereocenters. The smallest absolute Gasteiger partial charge is 0.312 e. The minimum Gasteiger partial charge on any atom is -0.481 e. The van der Waals surface area contributed by atoms with Crippen molar-refractivity contribution in [2.24, 2.45) is 0 Å². The van der Waals surface area contributed by atoms with Gasteiger partial charge in [-0.25, -0.2) is 0 Å². The van der Waals surface area contributed by atoms with Crippen molar-refractivity contribution in [3.63, 3.8) is 0 Å². The van der Waals surface area contributed by atoms with E-state index in [1.165, 1.54) is 0 Å². The summed E-state index contributed by atoms with van der Waals surface area (Å²) in [5.41, 5.74) is 0.895. The number of hydrogen-bond donors (Lipinski definition) is 1. The van der Waals surface area contributed by atoms with Crippen LogP contribution >= 0.6 is 0 Å². The van der Waals surface area contributed by atoms with Gasteiger partial charge < -0.3 is 5.11 Å². The third-order valence-electron chi connectivity index (χ3n) is 4.08. The monoisotopic (exact) mass is 276 g/mol. The molecule has 110 valence electrons. The molecule has 1 heterocycles. The molecule has 4 heteroatoms. The molecule has 0 radical (unpaired) electrons. The Labute approximate surface area is 121 Å². The van der Waals surface area contributed by atoms with Gasteiger partial charge in [0.15, 0.2) is 0 Å². The Kier molecular flexibility index (Phi) is 5.15. The number of rotatable bonds is 5. The van der Waals surface area contributed by atoms with E-state index >= 15 is 0 Å². The summed E-state index contributed by atoms with van der Waals surface area (Å²) in [5, 5.41) is 9.46. The molecule has 1 aliphatic heterocycles. The fourth-order valence-electron chi connectivity index (χ4n) is 2.73. The molecule has 0 spiro atoms. The fraction of sp³-hybridized carbons (Fsp3) is 0.562. The molecular weight excluding hydrogens is 252 g/mol. The highest BCUT2D eigenvalue weighted by Crippen LogP contribution is 2.18. The molecule has 1 aromatic carbocycles. The van der Waals surface area contributed by atoms with Crippen LogP contribution in [0.3, 0.4) is 0 Å². The van der Waals surface area contributed by atoms with Crippen LogP contribution in [0.15, 0.2) is 30.3 Å². The number of carboxylic acids is 1. The largest absolute Gasteiger partial charge is 0.481 e. The minimum absolute atomic E-state index is 0.429. The van der Waals surface area contributed by atoms with Gasteiger partial charge in [0.05, 0.1) is 5.92 Å². The van der Waals surface area contributed by atoms with E-state index in [1.54, 1.807) is 0 Å². The topological polar surface area (TPSA) is 43.8 Å². The van der Waals surface area contributed by atoms with Crippen molar-refractivity contribution in [1.29, 1.82) is 0 Å². The first kappa shape index (κ1) is 15.0. The quantitative estimate of drug-likeness (QED) is 0.892. The van der Waals surface area contributed by atoms with E-state index in [4.69, 9.17) is 0 Å². The first-order chi connectivity index (χ1) is 9.58. The lowest BCUT2D eigenvalue weighted by Gasteiger charge is -2.37. The van der Waals surface area contributed by atoms with E-state index in [2.05, 4.69) is 23.6 Å². The summed E-state index contributed by atoms with van der Waals surface area (Å²) in [6, 6.07) is 10.1. The molecule has 1 aromatic rings. The highest BCUT2D eigenvalue weighted by Gasteiger charge is 2.25. The van der Waals surface area contributed by atoms with Gasteiger partial charge in [-0.2, -0.15) is 0 Å². The second-order valence-electron chi connectivity index (χ2n) is 5.73. The van der Waals surface area contributed by atoms with Crippen molar-refractivity contribution in [2.45, 2.75) is 25.8 Å². The molecule has 0 saturated carbocycles. The number of piperazine rings is 1. The first-order valence-electron chi connectivity index (χ1n) is 7.32. The van der Waals surface area contributed by atoms with E-state index in [0.717, 1.165) is 31.7 Å². The Balaban J connectivity index is 1.95. The highest BCUT2D eigenvalue weighted by atomic mass is 16.4.